The molecule has 0 fully saturated rings. The van der Waals surface area contributed by atoms with Gasteiger partial charge < -0.3 is 9.29 Å². The van der Waals surface area contributed by atoms with E-state index in [2.05, 4.69) is 56.7 Å². The third-order valence-corrected chi connectivity index (χ3v) is 6.01. The van der Waals surface area contributed by atoms with Gasteiger partial charge in [0.1, 0.15) is 0 Å². The van der Waals surface area contributed by atoms with Crippen LogP contribution in [0.3, 0.4) is 0 Å². The number of fused-ring (bicyclic) bond motifs is 3. The first kappa shape index (κ1) is 17.2. The van der Waals surface area contributed by atoms with E-state index in [1.54, 1.807) is 12.1 Å². The van der Waals surface area contributed by atoms with Crippen LogP contribution in [0.25, 0.3) is 5.57 Å². The second-order valence-corrected chi connectivity index (χ2v) is 7.88. The number of halogens is 1. The van der Waals surface area contributed by atoms with E-state index < -0.39 is 17.7 Å². The van der Waals surface area contributed by atoms with Crippen molar-refractivity contribution in [2.24, 2.45) is 5.92 Å². The highest BCUT2D eigenvalue weighted by molar-refractivity contribution is 6.34. The Balaban J connectivity index is 1.79. The maximum Gasteiger partial charge on any atom is 0.400 e. The molecule has 1 aromatic carbocycles. The molecule has 0 spiro atoms. The van der Waals surface area contributed by atoms with Crippen LogP contribution in [0.15, 0.2) is 41.7 Å². The first-order chi connectivity index (χ1) is 13.3. The molecular formula is C22H19BFN2O2. The van der Waals surface area contributed by atoms with Gasteiger partial charge in [-0.05, 0) is 55.8 Å². The summed E-state index contributed by atoms with van der Waals surface area (Å²) in [4.78, 5) is 26.4. The van der Waals surface area contributed by atoms with Crippen molar-refractivity contribution in [3.63, 3.8) is 0 Å². The number of allylic oxidation sites excluding steroid dienone is 2. The van der Waals surface area contributed by atoms with Gasteiger partial charge in [0.05, 0.1) is 0 Å². The summed E-state index contributed by atoms with van der Waals surface area (Å²) in [6.07, 6.45) is 0.143. The maximum absolute atomic E-state index is 14.0. The van der Waals surface area contributed by atoms with Gasteiger partial charge in [0.2, 0.25) is 17.7 Å². The molecule has 3 heterocycles. The lowest BCUT2D eigenvalue weighted by Crippen LogP contribution is -2.35. The quantitative estimate of drug-likeness (QED) is 0.564. The number of ketones is 2. The molecule has 2 atom stereocenters. The summed E-state index contributed by atoms with van der Waals surface area (Å²) in [5.41, 5.74) is 7.85. The van der Waals surface area contributed by atoms with E-state index in [4.69, 9.17) is 0 Å². The van der Waals surface area contributed by atoms with Gasteiger partial charge in [0.15, 0.2) is 0 Å². The van der Waals surface area contributed by atoms with Crippen LogP contribution in [-0.4, -0.2) is 34.6 Å². The lowest BCUT2D eigenvalue weighted by atomic mass is 9.86. The SMILES string of the molecule is CC1=CC(C)C2=C(c3ccc4c(c3)C(=O)C(F)C4=O)c3c(C)cc(C)n3[B]N12. The summed E-state index contributed by atoms with van der Waals surface area (Å²) in [6.45, 7) is 8.36. The number of alkyl halides is 1. The second kappa shape index (κ2) is 5.57. The molecule has 0 bridgehead atoms. The molecular weight excluding hydrogens is 354 g/mol. The lowest BCUT2D eigenvalue weighted by molar-refractivity contribution is 0.0791. The third kappa shape index (κ3) is 2.06. The number of hydrogen-bond donors (Lipinski definition) is 0. The number of nitrogens with zero attached hydrogens (tertiary/aromatic N) is 2. The van der Waals surface area contributed by atoms with Gasteiger partial charge in [-0.3, -0.25) is 9.59 Å². The van der Waals surface area contributed by atoms with Gasteiger partial charge in [-0.15, -0.1) is 0 Å². The van der Waals surface area contributed by atoms with E-state index in [1.807, 2.05) is 6.07 Å². The van der Waals surface area contributed by atoms with Crippen molar-refractivity contribution in [2.75, 3.05) is 0 Å². The van der Waals surface area contributed by atoms with Gasteiger partial charge in [0.25, 0.3) is 0 Å². The number of benzene rings is 1. The molecule has 0 N–H and O–H groups in total. The van der Waals surface area contributed by atoms with Crippen LogP contribution >= 0.6 is 0 Å². The summed E-state index contributed by atoms with van der Waals surface area (Å²) >= 11 is 0. The molecule has 3 aliphatic rings. The van der Waals surface area contributed by atoms with Crippen molar-refractivity contribution in [3.8, 4) is 0 Å². The number of Topliss-reactive ketones (excluding diaryl/α,β-unsaturated/α-hetero) is 2. The Morgan fingerprint density at radius 3 is 2.50 bits per heavy atom. The Hall–Kier alpha value is -2.89. The molecule has 5 rings (SSSR count). The van der Waals surface area contributed by atoms with Gasteiger partial charge in [-0.1, -0.05) is 19.1 Å². The Morgan fingerprint density at radius 1 is 1.04 bits per heavy atom. The summed E-state index contributed by atoms with van der Waals surface area (Å²) < 4.78 is 16.1. The number of rotatable bonds is 1. The van der Waals surface area contributed by atoms with Crippen molar-refractivity contribution >= 4 is 24.7 Å². The fourth-order valence-corrected chi connectivity index (χ4v) is 4.75. The molecule has 1 aromatic heterocycles. The molecule has 139 valence electrons. The lowest BCUT2D eigenvalue weighted by Gasteiger charge is -2.33. The molecule has 0 amide bonds. The van der Waals surface area contributed by atoms with Crippen molar-refractivity contribution in [1.29, 1.82) is 0 Å². The van der Waals surface area contributed by atoms with Crippen LogP contribution in [-0.2, 0) is 0 Å². The molecule has 2 aliphatic heterocycles. The van der Waals surface area contributed by atoms with Crippen molar-refractivity contribution < 1.29 is 14.0 Å². The minimum Gasteiger partial charge on any atom is -0.375 e. The highest BCUT2D eigenvalue weighted by atomic mass is 19.1. The van der Waals surface area contributed by atoms with Gasteiger partial charge >= 0.3 is 7.55 Å². The molecule has 1 radical (unpaired) electrons. The number of hydrogen-bond acceptors (Lipinski definition) is 3. The maximum atomic E-state index is 14.0. The standard InChI is InChI=1S/C22H19BFN2O2/c1-10-7-12(3)25-19(10)17(20-11(2)8-13(4)26(20)23-25)14-5-6-15-16(9-14)22(28)18(24)21(15)27/h5-10,18H,1-4H3. The summed E-state index contributed by atoms with van der Waals surface area (Å²) in [6, 6.07) is 7.25. The van der Waals surface area contributed by atoms with Crippen LogP contribution in [0, 0.1) is 19.8 Å². The van der Waals surface area contributed by atoms with Gasteiger partial charge in [0, 0.05) is 39.7 Å². The Morgan fingerprint density at radius 2 is 1.75 bits per heavy atom. The second-order valence-electron chi connectivity index (χ2n) is 7.88. The zero-order valence-corrected chi connectivity index (χ0v) is 16.2. The minimum atomic E-state index is -2.07. The minimum absolute atomic E-state index is 0.183. The molecule has 0 saturated carbocycles. The Labute approximate surface area is 163 Å². The zero-order chi connectivity index (χ0) is 19.9. The third-order valence-electron chi connectivity index (χ3n) is 6.01. The van der Waals surface area contributed by atoms with Gasteiger partial charge in [-0.2, -0.15) is 0 Å². The molecule has 0 saturated heterocycles. The highest BCUT2D eigenvalue weighted by Crippen LogP contribution is 2.44. The largest absolute Gasteiger partial charge is 0.400 e. The van der Waals surface area contributed by atoms with Crippen LogP contribution in [0.1, 0.15) is 57.1 Å². The van der Waals surface area contributed by atoms with Crippen LogP contribution in [0.5, 0.6) is 0 Å². The Kier molecular flexibility index (Phi) is 3.42. The summed E-state index contributed by atoms with van der Waals surface area (Å²) in [5, 5.41) is 0. The van der Waals surface area contributed by atoms with E-state index in [9.17, 15) is 14.0 Å². The molecule has 1 aliphatic carbocycles. The molecule has 2 unspecified atom stereocenters. The number of carbonyl (C=O) groups is 2. The normalized spacial score (nSPS) is 22.9. The van der Waals surface area contributed by atoms with Crippen molar-refractivity contribution in [2.45, 2.75) is 33.9 Å². The number of carbonyl (C=O) groups excluding carboxylic acids is 2. The summed E-state index contributed by atoms with van der Waals surface area (Å²) in [5.74, 6) is -1.26. The van der Waals surface area contributed by atoms with Gasteiger partial charge in [-0.25, -0.2) is 4.39 Å². The van der Waals surface area contributed by atoms with Crippen LogP contribution in [0.4, 0.5) is 4.39 Å². The Bertz CT molecular complexity index is 1160. The van der Waals surface area contributed by atoms with E-state index in [1.165, 1.54) is 0 Å². The number of aryl methyl sites for hydroxylation is 2. The summed E-state index contributed by atoms with van der Waals surface area (Å²) in [7, 11) is 2.10. The predicted octanol–water partition coefficient (Wildman–Crippen LogP) is 3.83. The smallest absolute Gasteiger partial charge is 0.375 e. The first-order valence-electron chi connectivity index (χ1n) is 9.42. The van der Waals surface area contributed by atoms with Crippen molar-refractivity contribution in [3.05, 3.63) is 75.4 Å². The predicted molar refractivity (Wildman–Crippen MR) is 106 cm³/mol. The van der Waals surface area contributed by atoms with Crippen LogP contribution < -0.4 is 0 Å². The fraction of sp³-hybridized carbons (Fsp3) is 0.273. The van der Waals surface area contributed by atoms with E-state index in [0.29, 0.717) is 0 Å². The average Bonchev–Trinajstić information content (AvgIpc) is 3.20. The van der Waals surface area contributed by atoms with Crippen molar-refractivity contribution in [1.82, 2.24) is 9.29 Å². The fourth-order valence-electron chi connectivity index (χ4n) is 4.75. The topological polar surface area (TPSA) is 42.3 Å². The highest BCUT2D eigenvalue weighted by Gasteiger charge is 2.40. The average molecular weight is 373 g/mol. The molecule has 6 heteroatoms. The zero-order valence-electron chi connectivity index (χ0n) is 16.2. The van der Waals surface area contributed by atoms with Crippen LogP contribution in [0.2, 0.25) is 0 Å². The molecule has 4 nitrogen and oxygen atoms in total. The van der Waals surface area contributed by atoms with E-state index >= 15 is 0 Å². The first-order valence-corrected chi connectivity index (χ1v) is 9.42. The molecule has 28 heavy (non-hydrogen) atoms. The van der Waals surface area contributed by atoms with E-state index in [0.717, 1.165) is 39.5 Å². The molecule has 2 aromatic rings. The monoisotopic (exact) mass is 373 g/mol. The van der Waals surface area contributed by atoms with E-state index in [-0.39, 0.29) is 17.0 Å². The number of aromatic nitrogens is 1.